The molecule has 0 spiro atoms. The summed E-state index contributed by atoms with van der Waals surface area (Å²) in [5, 5.41) is 0. The minimum Gasteiger partial charge on any atom is -0.464 e. The first kappa shape index (κ1) is 11.9. The molecule has 3 N–H and O–H groups in total. The molecule has 0 saturated heterocycles. The zero-order valence-corrected chi connectivity index (χ0v) is 10.4. The van der Waals surface area contributed by atoms with Crippen molar-refractivity contribution in [3.05, 3.63) is 58.5 Å². The van der Waals surface area contributed by atoms with Crippen LogP contribution in [0, 0.1) is 20.8 Å². The van der Waals surface area contributed by atoms with Crippen molar-refractivity contribution in [2.45, 2.75) is 26.8 Å². The van der Waals surface area contributed by atoms with Gasteiger partial charge in [-0.1, -0.05) is 18.2 Å². The molecule has 90 valence electrons. The number of rotatable bonds is 3. The largest absolute Gasteiger partial charge is 0.464 e. The minimum absolute atomic E-state index is 0.0939. The third kappa shape index (κ3) is 2.25. The summed E-state index contributed by atoms with van der Waals surface area (Å²) >= 11 is 0. The van der Waals surface area contributed by atoms with Crippen molar-refractivity contribution in [3.63, 3.8) is 0 Å². The second-order valence-electron chi connectivity index (χ2n) is 4.34. The van der Waals surface area contributed by atoms with E-state index in [1.54, 1.807) is 0 Å². The van der Waals surface area contributed by atoms with Crippen LogP contribution in [0.2, 0.25) is 0 Å². The van der Waals surface area contributed by atoms with Crippen LogP contribution in [0.25, 0.3) is 0 Å². The SMILES string of the molecule is Cc1ccc(C(NN)c2cccc(C)c2C)o1. The standard InChI is InChI=1S/C14H18N2O/c1-9-5-4-6-12(11(9)3)14(16-15)13-8-7-10(2)17-13/h4-8,14,16H,15H2,1-3H3. The van der Waals surface area contributed by atoms with E-state index in [0.29, 0.717) is 0 Å². The van der Waals surface area contributed by atoms with E-state index in [2.05, 4.69) is 31.4 Å². The fourth-order valence-electron chi connectivity index (χ4n) is 2.02. The summed E-state index contributed by atoms with van der Waals surface area (Å²) in [6, 6.07) is 10.0. The highest BCUT2D eigenvalue weighted by molar-refractivity contribution is 5.38. The zero-order chi connectivity index (χ0) is 12.4. The number of hydrazine groups is 1. The fraction of sp³-hybridized carbons (Fsp3) is 0.286. The summed E-state index contributed by atoms with van der Waals surface area (Å²) < 4.78 is 5.64. The van der Waals surface area contributed by atoms with E-state index < -0.39 is 0 Å². The van der Waals surface area contributed by atoms with Crippen molar-refractivity contribution in [2.24, 2.45) is 5.84 Å². The van der Waals surface area contributed by atoms with Crippen molar-refractivity contribution in [1.82, 2.24) is 5.43 Å². The Balaban J connectivity index is 2.45. The predicted octanol–water partition coefficient (Wildman–Crippen LogP) is 2.76. The predicted molar refractivity (Wildman–Crippen MR) is 68.5 cm³/mol. The van der Waals surface area contributed by atoms with Gasteiger partial charge in [-0.2, -0.15) is 0 Å². The van der Waals surface area contributed by atoms with E-state index >= 15 is 0 Å². The van der Waals surface area contributed by atoms with E-state index in [9.17, 15) is 0 Å². The Hall–Kier alpha value is -1.58. The van der Waals surface area contributed by atoms with Gasteiger partial charge in [-0.3, -0.25) is 5.84 Å². The lowest BCUT2D eigenvalue weighted by Crippen LogP contribution is -2.29. The first-order valence-corrected chi connectivity index (χ1v) is 5.72. The molecule has 3 heteroatoms. The Bertz CT molecular complexity index is 517. The Morgan fingerprint density at radius 3 is 2.47 bits per heavy atom. The van der Waals surface area contributed by atoms with Crippen LogP contribution >= 0.6 is 0 Å². The first-order valence-electron chi connectivity index (χ1n) is 5.72. The van der Waals surface area contributed by atoms with Crippen molar-refractivity contribution in [3.8, 4) is 0 Å². The molecule has 3 nitrogen and oxygen atoms in total. The van der Waals surface area contributed by atoms with E-state index in [1.807, 2.05) is 25.1 Å². The number of hydrogen-bond donors (Lipinski definition) is 2. The molecule has 1 aromatic carbocycles. The van der Waals surface area contributed by atoms with Crippen molar-refractivity contribution < 1.29 is 4.42 Å². The Morgan fingerprint density at radius 2 is 1.88 bits per heavy atom. The fourth-order valence-corrected chi connectivity index (χ4v) is 2.02. The normalized spacial score (nSPS) is 12.7. The first-order chi connectivity index (χ1) is 8.13. The van der Waals surface area contributed by atoms with Gasteiger partial charge in [-0.05, 0) is 49.6 Å². The topological polar surface area (TPSA) is 51.2 Å². The number of furan rings is 1. The summed E-state index contributed by atoms with van der Waals surface area (Å²) in [5.74, 6) is 7.40. The average Bonchev–Trinajstić information content (AvgIpc) is 2.72. The molecular weight excluding hydrogens is 212 g/mol. The van der Waals surface area contributed by atoms with Crippen LogP contribution < -0.4 is 11.3 Å². The molecule has 0 aliphatic heterocycles. The molecule has 0 aliphatic carbocycles. The molecular formula is C14H18N2O. The van der Waals surface area contributed by atoms with Gasteiger partial charge in [-0.25, -0.2) is 5.43 Å². The number of hydrogen-bond acceptors (Lipinski definition) is 3. The Kier molecular flexibility index (Phi) is 3.31. The van der Waals surface area contributed by atoms with Gasteiger partial charge in [0.1, 0.15) is 17.6 Å². The molecule has 1 unspecified atom stereocenters. The quantitative estimate of drug-likeness (QED) is 0.629. The number of aryl methyl sites for hydroxylation is 2. The summed E-state index contributed by atoms with van der Waals surface area (Å²) in [7, 11) is 0. The lowest BCUT2D eigenvalue weighted by molar-refractivity contribution is 0.434. The Morgan fingerprint density at radius 1 is 1.12 bits per heavy atom. The van der Waals surface area contributed by atoms with E-state index in [4.69, 9.17) is 10.3 Å². The lowest BCUT2D eigenvalue weighted by atomic mass is 9.96. The van der Waals surface area contributed by atoms with E-state index in [-0.39, 0.29) is 6.04 Å². The molecule has 0 radical (unpaired) electrons. The van der Waals surface area contributed by atoms with Crippen LogP contribution in [-0.4, -0.2) is 0 Å². The highest BCUT2D eigenvalue weighted by Crippen LogP contribution is 2.27. The van der Waals surface area contributed by atoms with Crippen LogP contribution in [0.4, 0.5) is 0 Å². The maximum atomic E-state index is 5.66. The van der Waals surface area contributed by atoms with E-state index in [0.717, 1.165) is 17.1 Å². The maximum absolute atomic E-state index is 5.66. The van der Waals surface area contributed by atoms with Crippen molar-refractivity contribution in [1.29, 1.82) is 0 Å². The van der Waals surface area contributed by atoms with Gasteiger partial charge in [0.05, 0.1) is 0 Å². The molecule has 2 aromatic rings. The van der Waals surface area contributed by atoms with Gasteiger partial charge in [0.15, 0.2) is 0 Å². The highest BCUT2D eigenvalue weighted by Gasteiger charge is 2.18. The summed E-state index contributed by atoms with van der Waals surface area (Å²) in [6.07, 6.45) is 0. The highest BCUT2D eigenvalue weighted by atomic mass is 16.3. The monoisotopic (exact) mass is 230 g/mol. The molecule has 0 saturated carbocycles. The van der Waals surface area contributed by atoms with Crippen LogP contribution in [0.1, 0.15) is 34.3 Å². The van der Waals surface area contributed by atoms with Crippen LogP contribution in [0.3, 0.4) is 0 Å². The smallest absolute Gasteiger partial charge is 0.126 e. The van der Waals surface area contributed by atoms with Gasteiger partial charge >= 0.3 is 0 Å². The van der Waals surface area contributed by atoms with Gasteiger partial charge in [-0.15, -0.1) is 0 Å². The summed E-state index contributed by atoms with van der Waals surface area (Å²) in [6.45, 7) is 6.13. The molecule has 0 fully saturated rings. The molecule has 0 aliphatic rings. The third-order valence-corrected chi connectivity index (χ3v) is 3.17. The second-order valence-corrected chi connectivity index (χ2v) is 4.34. The molecule has 1 atom stereocenters. The summed E-state index contributed by atoms with van der Waals surface area (Å²) in [5.41, 5.74) is 6.47. The molecule has 17 heavy (non-hydrogen) atoms. The zero-order valence-electron chi connectivity index (χ0n) is 10.4. The number of nitrogens with two attached hydrogens (primary N) is 1. The van der Waals surface area contributed by atoms with Gasteiger partial charge in [0.25, 0.3) is 0 Å². The minimum atomic E-state index is -0.0939. The molecule has 0 amide bonds. The number of nitrogens with one attached hydrogen (secondary N) is 1. The average molecular weight is 230 g/mol. The molecule has 1 aromatic heterocycles. The molecule has 0 bridgehead atoms. The van der Waals surface area contributed by atoms with Crippen LogP contribution in [0.5, 0.6) is 0 Å². The molecule has 2 rings (SSSR count). The van der Waals surface area contributed by atoms with Gasteiger partial charge in [0.2, 0.25) is 0 Å². The van der Waals surface area contributed by atoms with Crippen LogP contribution in [0.15, 0.2) is 34.7 Å². The maximum Gasteiger partial charge on any atom is 0.126 e. The third-order valence-electron chi connectivity index (χ3n) is 3.17. The van der Waals surface area contributed by atoms with E-state index in [1.165, 1.54) is 11.1 Å². The molecule has 1 heterocycles. The van der Waals surface area contributed by atoms with Crippen molar-refractivity contribution >= 4 is 0 Å². The Labute approximate surface area is 102 Å². The van der Waals surface area contributed by atoms with Crippen molar-refractivity contribution in [2.75, 3.05) is 0 Å². The second kappa shape index (κ2) is 4.73. The van der Waals surface area contributed by atoms with Gasteiger partial charge in [0, 0.05) is 0 Å². The summed E-state index contributed by atoms with van der Waals surface area (Å²) in [4.78, 5) is 0. The lowest BCUT2D eigenvalue weighted by Gasteiger charge is -2.17. The number of benzene rings is 1. The van der Waals surface area contributed by atoms with Gasteiger partial charge < -0.3 is 4.42 Å². The van der Waals surface area contributed by atoms with Crippen LogP contribution in [-0.2, 0) is 0 Å².